The summed E-state index contributed by atoms with van der Waals surface area (Å²) in [7, 11) is 1.59. The maximum absolute atomic E-state index is 12.6. The molecule has 0 atom stereocenters. The number of imidazole rings is 1. The maximum atomic E-state index is 12.6. The van der Waals surface area contributed by atoms with E-state index in [1.165, 1.54) is 5.56 Å². The van der Waals surface area contributed by atoms with E-state index >= 15 is 0 Å². The van der Waals surface area contributed by atoms with Crippen molar-refractivity contribution in [2.45, 2.75) is 25.7 Å². The average molecular weight is 365 g/mol. The number of anilines is 1. The summed E-state index contributed by atoms with van der Waals surface area (Å²) in [5.74, 6) is 1.51. The molecule has 1 aliphatic heterocycles. The monoisotopic (exact) mass is 365 g/mol. The summed E-state index contributed by atoms with van der Waals surface area (Å²) in [4.78, 5) is 21.5. The van der Waals surface area contributed by atoms with E-state index in [4.69, 9.17) is 4.74 Å². The van der Waals surface area contributed by atoms with E-state index < -0.39 is 0 Å². The lowest BCUT2D eigenvalue weighted by molar-refractivity contribution is 0.102. The number of nitrogens with one attached hydrogen (secondary N) is 2. The molecule has 7 heteroatoms. The summed E-state index contributed by atoms with van der Waals surface area (Å²) in [5.41, 5.74) is 3.27. The van der Waals surface area contributed by atoms with Crippen molar-refractivity contribution in [1.29, 1.82) is 0 Å². The highest BCUT2D eigenvalue weighted by atomic mass is 16.5. The van der Waals surface area contributed by atoms with Gasteiger partial charge in [-0.3, -0.25) is 9.20 Å². The minimum absolute atomic E-state index is 0.215. The highest BCUT2D eigenvalue weighted by Gasteiger charge is 2.16. The van der Waals surface area contributed by atoms with Crippen LogP contribution < -0.4 is 15.4 Å². The molecule has 4 rings (SSSR count). The largest absolute Gasteiger partial charge is 0.481 e. The quantitative estimate of drug-likeness (QED) is 0.743. The number of nitrogens with zero attached hydrogens (tertiary/aromatic N) is 3. The van der Waals surface area contributed by atoms with E-state index in [9.17, 15) is 4.79 Å². The molecule has 1 fully saturated rings. The van der Waals surface area contributed by atoms with Gasteiger partial charge in [-0.2, -0.15) is 0 Å². The number of methoxy groups -OCH3 is 1. The molecule has 27 heavy (non-hydrogen) atoms. The Morgan fingerprint density at radius 2 is 2.07 bits per heavy atom. The number of aryl methyl sites for hydroxylation is 1. The molecule has 0 aliphatic carbocycles. The number of ether oxygens (including phenoxy) is 1. The van der Waals surface area contributed by atoms with Crippen LogP contribution in [0.3, 0.4) is 0 Å². The van der Waals surface area contributed by atoms with E-state index in [0.717, 1.165) is 37.3 Å². The number of hydrogen-bond acceptors (Lipinski definition) is 5. The Balaban J connectivity index is 1.50. The van der Waals surface area contributed by atoms with E-state index in [2.05, 4.69) is 26.7 Å². The first-order valence-corrected chi connectivity index (χ1v) is 9.16. The van der Waals surface area contributed by atoms with Crippen molar-refractivity contribution in [3.63, 3.8) is 0 Å². The Hall–Kier alpha value is -2.93. The molecule has 3 aromatic rings. The smallest absolute Gasteiger partial charge is 0.258 e. The van der Waals surface area contributed by atoms with Crippen LogP contribution in [0.4, 0.5) is 5.82 Å². The topological polar surface area (TPSA) is 80.5 Å². The van der Waals surface area contributed by atoms with Crippen molar-refractivity contribution in [2.75, 3.05) is 25.5 Å². The van der Waals surface area contributed by atoms with Gasteiger partial charge in [0.05, 0.1) is 12.7 Å². The molecule has 1 amide bonds. The number of amides is 1. The van der Waals surface area contributed by atoms with Crippen LogP contribution >= 0.6 is 0 Å². The number of pyridine rings is 2. The summed E-state index contributed by atoms with van der Waals surface area (Å²) >= 11 is 0. The van der Waals surface area contributed by atoms with Crippen molar-refractivity contribution >= 4 is 17.4 Å². The van der Waals surface area contributed by atoms with Gasteiger partial charge in [0.25, 0.3) is 5.91 Å². The molecule has 140 valence electrons. The van der Waals surface area contributed by atoms with Crippen molar-refractivity contribution in [3.8, 4) is 5.88 Å². The van der Waals surface area contributed by atoms with Gasteiger partial charge in [0.15, 0.2) is 0 Å². The molecular weight excluding hydrogens is 342 g/mol. The molecule has 1 saturated heterocycles. The van der Waals surface area contributed by atoms with Crippen molar-refractivity contribution < 1.29 is 9.53 Å². The summed E-state index contributed by atoms with van der Waals surface area (Å²) in [6.45, 7) is 3.96. The number of piperidine rings is 1. The lowest BCUT2D eigenvalue weighted by Crippen LogP contribution is -2.26. The predicted octanol–water partition coefficient (Wildman–Crippen LogP) is 2.77. The van der Waals surface area contributed by atoms with E-state index in [0.29, 0.717) is 23.2 Å². The predicted molar refractivity (Wildman–Crippen MR) is 104 cm³/mol. The van der Waals surface area contributed by atoms with E-state index in [1.54, 1.807) is 29.8 Å². The first-order valence-electron chi connectivity index (χ1n) is 9.16. The Morgan fingerprint density at radius 3 is 2.78 bits per heavy atom. The van der Waals surface area contributed by atoms with Gasteiger partial charge in [0, 0.05) is 12.4 Å². The van der Waals surface area contributed by atoms with Crippen molar-refractivity contribution in [1.82, 2.24) is 19.7 Å². The molecule has 0 aromatic carbocycles. The maximum Gasteiger partial charge on any atom is 0.258 e. The third kappa shape index (κ3) is 3.50. The zero-order chi connectivity index (χ0) is 18.8. The molecule has 0 unspecified atom stereocenters. The van der Waals surface area contributed by atoms with Gasteiger partial charge in [0.2, 0.25) is 5.88 Å². The molecule has 7 nitrogen and oxygen atoms in total. The van der Waals surface area contributed by atoms with Crippen LogP contribution in [0.15, 0.2) is 36.7 Å². The van der Waals surface area contributed by atoms with Crippen LogP contribution in [-0.4, -0.2) is 40.5 Å². The Bertz CT molecular complexity index is 958. The first kappa shape index (κ1) is 17.5. The van der Waals surface area contributed by atoms with Gasteiger partial charge in [-0.05, 0) is 62.5 Å². The molecule has 0 spiro atoms. The van der Waals surface area contributed by atoms with Crippen LogP contribution in [0.25, 0.3) is 5.65 Å². The fraction of sp³-hybridized carbons (Fsp3) is 0.350. The molecule has 0 radical (unpaired) electrons. The summed E-state index contributed by atoms with van der Waals surface area (Å²) in [6, 6.07) is 7.48. The van der Waals surface area contributed by atoms with Crippen LogP contribution in [0, 0.1) is 6.92 Å². The third-order valence-corrected chi connectivity index (χ3v) is 5.03. The molecule has 4 heterocycles. The van der Waals surface area contributed by atoms with Gasteiger partial charge in [-0.1, -0.05) is 6.07 Å². The fourth-order valence-electron chi connectivity index (χ4n) is 3.59. The second-order valence-electron chi connectivity index (χ2n) is 6.81. The number of aromatic nitrogens is 3. The van der Waals surface area contributed by atoms with Gasteiger partial charge in [-0.15, -0.1) is 0 Å². The second-order valence-corrected chi connectivity index (χ2v) is 6.81. The van der Waals surface area contributed by atoms with Gasteiger partial charge >= 0.3 is 0 Å². The molecule has 3 aromatic heterocycles. The van der Waals surface area contributed by atoms with E-state index in [-0.39, 0.29) is 5.91 Å². The molecule has 0 saturated carbocycles. The minimum Gasteiger partial charge on any atom is -0.481 e. The highest BCUT2D eigenvalue weighted by Crippen LogP contribution is 2.25. The lowest BCUT2D eigenvalue weighted by Gasteiger charge is -2.22. The van der Waals surface area contributed by atoms with Crippen molar-refractivity contribution in [2.24, 2.45) is 0 Å². The molecular formula is C20H23N5O2. The van der Waals surface area contributed by atoms with Gasteiger partial charge < -0.3 is 15.4 Å². The zero-order valence-electron chi connectivity index (χ0n) is 15.5. The Labute approximate surface area is 157 Å². The van der Waals surface area contributed by atoms with Crippen LogP contribution in [0.5, 0.6) is 5.88 Å². The molecule has 1 aliphatic rings. The number of hydrogen-bond donors (Lipinski definition) is 2. The normalized spacial score (nSPS) is 15.0. The summed E-state index contributed by atoms with van der Waals surface area (Å²) in [5, 5.41) is 6.23. The van der Waals surface area contributed by atoms with Crippen LogP contribution in [-0.2, 0) is 0 Å². The fourth-order valence-corrected chi connectivity index (χ4v) is 3.59. The summed E-state index contributed by atoms with van der Waals surface area (Å²) < 4.78 is 7.15. The van der Waals surface area contributed by atoms with Crippen LogP contribution in [0.2, 0.25) is 0 Å². The Morgan fingerprint density at radius 1 is 1.26 bits per heavy atom. The minimum atomic E-state index is -0.215. The SMILES string of the molecule is COc1c(C)nc2ccc(C(=O)Nc3ccc(C4CCNCC4)cn3)cn12. The zero-order valence-corrected chi connectivity index (χ0v) is 15.5. The number of fused-ring (bicyclic) bond motifs is 1. The highest BCUT2D eigenvalue weighted by molar-refractivity contribution is 6.03. The third-order valence-electron chi connectivity index (χ3n) is 5.03. The number of carbonyl (C=O) groups is 1. The van der Waals surface area contributed by atoms with Crippen molar-refractivity contribution in [3.05, 3.63) is 53.5 Å². The molecule has 2 N–H and O–H groups in total. The van der Waals surface area contributed by atoms with Gasteiger partial charge in [0.1, 0.15) is 17.2 Å². The number of rotatable bonds is 4. The first-order chi connectivity index (χ1) is 13.2. The average Bonchev–Trinajstić information content (AvgIpc) is 3.03. The second kappa shape index (κ2) is 7.36. The summed E-state index contributed by atoms with van der Waals surface area (Å²) in [6.07, 6.45) is 5.85. The van der Waals surface area contributed by atoms with Crippen LogP contribution in [0.1, 0.15) is 40.4 Å². The molecule has 0 bridgehead atoms. The number of carbonyl (C=O) groups excluding carboxylic acids is 1. The van der Waals surface area contributed by atoms with E-state index in [1.807, 2.05) is 19.2 Å². The standard InChI is InChI=1S/C20H23N5O2/c1-13-20(27-2)25-12-16(4-6-18(25)23-13)19(26)24-17-5-3-15(11-22-17)14-7-9-21-10-8-14/h3-6,11-12,14,21H,7-10H2,1-2H3,(H,22,24,26). The Kier molecular flexibility index (Phi) is 4.77. The van der Waals surface area contributed by atoms with Gasteiger partial charge in [-0.25, -0.2) is 9.97 Å². The lowest BCUT2D eigenvalue weighted by atomic mass is 9.91.